The van der Waals surface area contributed by atoms with Gasteiger partial charge in [-0.2, -0.15) is 10.1 Å². The summed E-state index contributed by atoms with van der Waals surface area (Å²) in [5, 5.41) is 7.82. The van der Waals surface area contributed by atoms with Gasteiger partial charge >= 0.3 is 0 Å². The Morgan fingerprint density at radius 2 is 2.04 bits per heavy atom. The van der Waals surface area contributed by atoms with Crippen LogP contribution in [-0.2, 0) is 0 Å². The third kappa shape index (κ3) is 2.52. The molecule has 3 aromatic rings. The molecule has 0 bridgehead atoms. The second-order valence-electron chi connectivity index (χ2n) is 5.54. The molecule has 0 fully saturated rings. The van der Waals surface area contributed by atoms with Crippen molar-refractivity contribution < 1.29 is 4.74 Å². The molecule has 4 rings (SSSR count). The minimum absolute atomic E-state index is 0.130. The summed E-state index contributed by atoms with van der Waals surface area (Å²) in [6.45, 7) is 0. The van der Waals surface area contributed by atoms with Crippen molar-refractivity contribution in [2.45, 2.75) is 18.5 Å². The molecule has 3 heterocycles. The van der Waals surface area contributed by atoms with Crippen LogP contribution in [0.1, 0.15) is 29.6 Å². The van der Waals surface area contributed by atoms with Gasteiger partial charge in [0.25, 0.3) is 0 Å². The summed E-state index contributed by atoms with van der Waals surface area (Å²) in [4.78, 5) is 8.56. The van der Waals surface area contributed by atoms with Crippen molar-refractivity contribution in [3.05, 3.63) is 66.2 Å². The topological polar surface area (TPSA) is 64.9 Å². The molecule has 0 saturated heterocycles. The molecule has 116 valence electrons. The number of fused-ring (bicyclic) bond motifs is 1. The van der Waals surface area contributed by atoms with E-state index < -0.39 is 0 Å². The maximum atomic E-state index is 5.25. The third-order valence-electron chi connectivity index (χ3n) is 4.22. The second-order valence-corrected chi connectivity index (χ2v) is 5.54. The maximum Gasteiger partial charge on any atom is 0.222 e. The van der Waals surface area contributed by atoms with Crippen LogP contribution in [0.3, 0.4) is 0 Å². The van der Waals surface area contributed by atoms with Crippen molar-refractivity contribution >= 4 is 5.95 Å². The van der Waals surface area contributed by atoms with Crippen LogP contribution in [-0.4, -0.2) is 26.9 Å². The minimum atomic E-state index is 0.130. The summed E-state index contributed by atoms with van der Waals surface area (Å²) in [5.41, 5.74) is 2.34. The van der Waals surface area contributed by atoms with E-state index in [9.17, 15) is 0 Å². The highest BCUT2D eigenvalue weighted by Gasteiger charge is 2.29. The van der Waals surface area contributed by atoms with Crippen LogP contribution in [0, 0.1) is 0 Å². The molecule has 1 aliphatic rings. The van der Waals surface area contributed by atoms with E-state index in [2.05, 4.69) is 38.6 Å². The fourth-order valence-corrected chi connectivity index (χ4v) is 3.02. The van der Waals surface area contributed by atoms with Gasteiger partial charge < -0.3 is 10.1 Å². The average molecular weight is 307 g/mol. The molecule has 6 nitrogen and oxygen atoms in total. The third-order valence-corrected chi connectivity index (χ3v) is 4.22. The number of pyridine rings is 1. The van der Waals surface area contributed by atoms with Gasteiger partial charge in [0.2, 0.25) is 5.95 Å². The molecule has 23 heavy (non-hydrogen) atoms. The monoisotopic (exact) mass is 307 g/mol. The Labute approximate surface area is 134 Å². The van der Waals surface area contributed by atoms with E-state index in [1.54, 1.807) is 19.6 Å². The fraction of sp³-hybridized carbons (Fsp3) is 0.235. The lowest BCUT2D eigenvalue weighted by Crippen LogP contribution is -2.28. The van der Waals surface area contributed by atoms with E-state index in [-0.39, 0.29) is 12.1 Å². The highest BCUT2D eigenvalue weighted by molar-refractivity contribution is 5.38. The lowest BCUT2D eigenvalue weighted by molar-refractivity contribution is 0.411. The first-order chi connectivity index (χ1) is 11.3. The first-order valence-corrected chi connectivity index (χ1v) is 7.55. The SMILES string of the molecule is COc1ccc([C@@H]2C[C@@H](c3cccnc3)Nc3ncnn32)cc1. The zero-order valence-electron chi connectivity index (χ0n) is 12.8. The molecule has 0 amide bonds. The highest BCUT2D eigenvalue weighted by Crippen LogP contribution is 2.37. The van der Waals surface area contributed by atoms with Gasteiger partial charge in [-0.15, -0.1) is 0 Å². The average Bonchev–Trinajstić information content (AvgIpc) is 3.10. The van der Waals surface area contributed by atoms with Crippen molar-refractivity contribution in [1.29, 1.82) is 0 Å². The Morgan fingerprint density at radius 1 is 1.17 bits per heavy atom. The second kappa shape index (κ2) is 5.72. The van der Waals surface area contributed by atoms with Gasteiger partial charge in [-0.25, -0.2) is 4.68 Å². The van der Waals surface area contributed by atoms with E-state index in [1.807, 2.05) is 29.1 Å². The summed E-state index contributed by atoms with van der Waals surface area (Å²) < 4.78 is 7.19. The molecule has 6 heteroatoms. The number of nitrogens with one attached hydrogen (secondary N) is 1. The Kier molecular flexibility index (Phi) is 3.42. The lowest BCUT2D eigenvalue weighted by atomic mass is 9.94. The van der Waals surface area contributed by atoms with Gasteiger partial charge in [0.05, 0.1) is 19.2 Å². The molecule has 1 aromatic carbocycles. The van der Waals surface area contributed by atoms with Gasteiger partial charge in [-0.3, -0.25) is 4.98 Å². The van der Waals surface area contributed by atoms with Crippen LogP contribution >= 0.6 is 0 Å². The minimum Gasteiger partial charge on any atom is -0.497 e. The Bertz CT molecular complexity index is 784. The van der Waals surface area contributed by atoms with E-state index in [0.717, 1.165) is 23.7 Å². The van der Waals surface area contributed by atoms with Crippen molar-refractivity contribution in [3.63, 3.8) is 0 Å². The van der Waals surface area contributed by atoms with Crippen LogP contribution < -0.4 is 10.1 Å². The molecule has 1 N–H and O–H groups in total. The number of methoxy groups -OCH3 is 1. The van der Waals surface area contributed by atoms with Crippen LogP contribution in [0.2, 0.25) is 0 Å². The van der Waals surface area contributed by atoms with E-state index in [1.165, 1.54) is 5.56 Å². The predicted molar refractivity (Wildman–Crippen MR) is 86.4 cm³/mol. The summed E-state index contributed by atoms with van der Waals surface area (Å²) in [6.07, 6.45) is 6.16. The summed E-state index contributed by atoms with van der Waals surface area (Å²) in [6, 6.07) is 12.5. The summed E-state index contributed by atoms with van der Waals surface area (Å²) >= 11 is 0. The molecule has 0 saturated carbocycles. The van der Waals surface area contributed by atoms with Gasteiger partial charge in [0.15, 0.2) is 0 Å². The molecule has 0 spiro atoms. The summed E-state index contributed by atoms with van der Waals surface area (Å²) in [7, 11) is 1.67. The van der Waals surface area contributed by atoms with Gasteiger partial charge in [0, 0.05) is 12.4 Å². The van der Waals surface area contributed by atoms with E-state index in [4.69, 9.17) is 4.74 Å². The Balaban J connectivity index is 1.70. The van der Waals surface area contributed by atoms with Gasteiger partial charge in [-0.1, -0.05) is 18.2 Å². The number of aromatic nitrogens is 4. The molecule has 2 atom stereocenters. The molecule has 0 radical (unpaired) electrons. The largest absolute Gasteiger partial charge is 0.497 e. The number of ether oxygens (including phenoxy) is 1. The number of benzene rings is 1. The number of rotatable bonds is 3. The molecule has 1 aliphatic heterocycles. The normalized spacial score (nSPS) is 19.7. The van der Waals surface area contributed by atoms with Crippen LogP contribution in [0.4, 0.5) is 5.95 Å². The summed E-state index contributed by atoms with van der Waals surface area (Å²) in [5.74, 6) is 1.64. The van der Waals surface area contributed by atoms with Crippen LogP contribution in [0.25, 0.3) is 0 Å². The van der Waals surface area contributed by atoms with E-state index >= 15 is 0 Å². The standard InChI is InChI=1S/C17H17N5O/c1-23-14-6-4-12(5-7-14)16-9-15(13-3-2-8-18-10-13)21-17-19-11-20-22(16)17/h2-8,10-11,15-16H,9H2,1H3,(H,19,20,21)/t15-,16-/m0/s1. The Hall–Kier alpha value is -2.89. The smallest absolute Gasteiger partial charge is 0.222 e. The number of hydrogen-bond donors (Lipinski definition) is 1. The van der Waals surface area contributed by atoms with Crippen molar-refractivity contribution in [1.82, 2.24) is 19.7 Å². The van der Waals surface area contributed by atoms with E-state index in [0.29, 0.717) is 0 Å². The van der Waals surface area contributed by atoms with Gasteiger partial charge in [0.1, 0.15) is 12.1 Å². The molecular weight excluding hydrogens is 290 g/mol. The van der Waals surface area contributed by atoms with Crippen LogP contribution in [0.15, 0.2) is 55.1 Å². The predicted octanol–water partition coefficient (Wildman–Crippen LogP) is 2.83. The maximum absolute atomic E-state index is 5.25. The zero-order chi connectivity index (χ0) is 15.6. The highest BCUT2D eigenvalue weighted by atomic mass is 16.5. The number of hydrogen-bond acceptors (Lipinski definition) is 5. The van der Waals surface area contributed by atoms with Crippen molar-refractivity contribution in [2.75, 3.05) is 12.4 Å². The van der Waals surface area contributed by atoms with Crippen molar-refractivity contribution in [2.24, 2.45) is 0 Å². The fourth-order valence-electron chi connectivity index (χ4n) is 3.02. The molecule has 0 aliphatic carbocycles. The molecular formula is C17H17N5O. The Morgan fingerprint density at radius 3 is 2.78 bits per heavy atom. The van der Waals surface area contributed by atoms with Crippen molar-refractivity contribution in [3.8, 4) is 5.75 Å². The first kappa shape index (κ1) is 13.8. The quantitative estimate of drug-likeness (QED) is 0.806. The van der Waals surface area contributed by atoms with Crippen LogP contribution in [0.5, 0.6) is 5.75 Å². The number of nitrogens with zero attached hydrogens (tertiary/aromatic N) is 4. The molecule has 0 unspecified atom stereocenters. The molecule has 2 aromatic heterocycles. The number of anilines is 1. The van der Waals surface area contributed by atoms with Gasteiger partial charge in [-0.05, 0) is 35.7 Å². The lowest BCUT2D eigenvalue weighted by Gasteiger charge is -2.31. The zero-order valence-corrected chi connectivity index (χ0v) is 12.8. The first-order valence-electron chi connectivity index (χ1n) is 7.55.